The second-order valence-electron chi connectivity index (χ2n) is 2.61. The van der Waals surface area contributed by atoms with Crippen LogP contribution in [0.5, 0.6) is 0 Å². The zero-order valence-corrected chi connectivity index (χ0v) is 6.67. The number of hydrogen-bond acceptors (Lipinski definition) is 2. The standard InChI is InChI=1S/C8H10F2N2/c1-5(11)6-2-3-7(8(9)10)12-4-6/h2-5,8H,11H2,1H3. The third-order valence-corrected chi connectivity index (χ3v) is 1.56. The van der Waals surface area contributed by atoms with Crippen LogP contribution in [0.2, 0.25) is 0 Å². The first kappa shape index (κ1) is 9.06. The molecule has 12 heavy (non-hydrogen) atoms. The van der Waals surface area contributed by atoms with Gasteiger partial charge in [-0.2, -0.15) is 0 Å². The summed E-state index contributed by atoms with van der Waals surface area (Å²) in [6, 6.07) is 2.70. The highest BCUT2D eigenvalue weighted by Crippen LogP contribution is 2.17. The Hall–Kier alpha value is -1.03. The molecule has 0 radical (unpaired) electrons. The summed E-state index contributed by atoms with van der Waals surface area (Å²) in [6.45, 7) is 1.78. The quantitative estimate of drug-likeness (QED) is 0.741. The summed E-state index contributed by atoms with van der Waals surface area (Å²) in [5.41, 5.74) is 6.07. The molecule has 2 nitrogen and oxygen atoms in total. The molecule has 0 bridgehead atoms. The summed E-state index contributed by atoms with van der Waals surface area (Å²) in [6.07, 6.45) is -1.13. The molecule has 0 spiro atoms. The van der Waals surface area contributed by atoms with Crippen molar-refractivity contribution >= 4 is 0 Å². The Balaban J connectivity index is 2.86. The average molecular weight is 172 g/mol. The lowest BCUT2D eigenvalue weighted by atomic mass is 10.1. The molecule has 0 fully saturated rings. The number of hydrogen-bond donors (Lipinski definition) is 1. The van der Waals surface area contributed by atoms with Crippen molar-refractivity contribution in [2.45, 2.75) is 19.4 Å². The Morgan fingerprint density at radius 1 is 1.42 bits per heavy atom. The van der Waals surface area contributed by atoms with Gasteiger partial charge in [0.25, 0.3) is 6.43 Å². The van der Waals surface area contributed by atoms with E-state index in [-0.39, 0.29) is 11.7 Å². The molecule has 0 aliphatic heterocycles. The molecular formula is C8H10F2N2. The molecule has 0 aromatic carbocycles. The molecular weight excluding hydrogens is 162 g/mol. The topological polar surface area (TPSA) is 38.9 Å². The predicted octanol–water partition coefficient (Wildman–Crippen LogP) is 2.04. The summed E-state index contributed by atoms with van der Waals surface area (Å²) in [4.78, 5) is 3.57. The fourth-order valence-electron chi connectivity index (χ4n) is 0.815. The van der Waals surface area contributed by atoms with Gasteiger partial charge in [-0.25, -0.2) is 8.78 Å². The average Bonchev–Trinajstić information content (AvgIpc) is 2.04. The summed E-state index contributed by atoms with van der Waals surface area (Å²) >= 11 is 0. The van der Waals surface area contributed by atoms with Gasteiger partial charge in [0.15, 0.2) is 0 Å². The van der Waals surface area contributed by atoms with Crippen molar-refractivity contribution < 1.29 is 8.78 Å². The summed E-state index contributed by atoms with van der Waals surface area (Å²) < 4.78 is 24.0. The lowest BCUT2D eigenvalue weighted by molar-refractivity contribution is 0.146. The second kappa shape index (κ2) is 3.58. The Morgan fingerprint density at radius 2 is 2.08 bits per heavy atom. The van der Waals surface area contributed by atoms with E-state index in [2.05, 4.69) is 4.98 Å². The van der Waals surface area contributed by atoms with Crippen LogP contribution in [0.15, 0.2) is 18.3 Å². The maximum Gasteiger partial charge on any atom is 0.280 e. The largest absolute Gasteiger partial charge is 0.324 e. The third kappa shape index (κ3) is 1.98. The molecule has 1 heterocycles. The van der Waals surface area contributed by atoms with Crippen molar-refractivity contribution in [1.29, 1.82) is 0 Å². The van der Waals surface area contributed by atoms with E-state index >= 15 is 0 Å². The van der Waals surface area contributed by atoms with Crippen molar-refractivity contribution in [3.8, 4) is 0 Å². The molecule has 1 unspecified atom stereocenters. The van der Waals surface area contributed by atoms with E-state index < -0.39 is 6.43 Å². The number of alkyl halides is 2. The van der Waals surface area contributed by atoms with Crippen LogP contribution >= 0.6 is 0 Å². The van der Waals surface area contributed by atoms with Gasteiger partial charge in [-0.3, -0.25) is 4.98 Å². The Morgan fingerprint density at radius 3 is 2.42 bits per heavy atom. The van der Waals surface area contributed by atoms with Crippen LogP contribution < -0.4 is 5.73 Å². The minimum absolute atomic E-state index is 0.163. The molecule has 66 valence electrons. The number of nitrogens with zero attached hydrogens (tertiary/aromatic N) is 1. The van der Waals surface area contributed by atoms with Crippen molar-refractivity contribution in [2.75, 3.05) is 0 Å². The maximum atomic E-state index is 12.0. The van der Waals surface area contributed by atoms with Gasteiger partial charge in [-0.15, -0.1) is 0 Å². The third-order valence-electron chi connectivity index (χ3n) is 1.56. The molecule has 0 aliphatic carbocycles. The van der Waals surface area contributed by atoms with Crippen molar-refractivity contribution in [1.82, 2.24) is 4.98 Å². The molecule has 1 rings (SSSR count). The van der Waals surface area contributed by atoms with Crippen molar-refractivity contribution in [2.24, 2.45) is 5.73 Å². The lowest BCUT2D eigenvalue weighted by Crippen LogP contribution is -2.05. The van der Waals surface area contributed by atoms with Gasteiger partial charge >= 0.3 is 0 Å². The summed E-state index contributed by atoms with van der Waals surface area (Å²) in [7, 11) is 0. The Labute approximate surface area is 69.4 Å². The van der Waals surface area contributed by atoms with Crippen LogP contribution in [0.25, 0.3) is 0 Å². The Bertz CT molecular complexity index is 217. The normalized spacial score (nSPS) is 13.4. The van der Waals surface area contributed by atoms with E-state index in [1.54, 1.807) is 13.0 Å². The van der Waals surface area contributed by atoms with Crippen LogP contribution in [0, 0.1) is 0 Å². The highest BCUT2D eigenvalue weighted by atomic mass is 19.3. The first-order chi connectivity index (χ1) is 5.61. The monoisotopic (exact) mass is 172 g/mol. The summed E-state index contributed by atoms with van der Waals surface area (Å²) in [5.74, 6) is 0. The molecule has 0 aliphatic rings. The van der Waals surface area contributed by atoms with E-state index in [9.17, 15) is 8.78 Å². The van der Waals surface area contributed by atoms with Crippen LogP contribution in [0.3, 0.4) is 0 Å². The maximum absolute atomic E-state index is 12.0. The second-order valence-corrected chi connectivity index (χ2v) is 2.61. The van der Waals surface area contributed by atoms with Gasteiger partial charge in [0.05, 0.1) is 0 Å². The first-order valence-corrected chi connectivity index (χ1v) is 3.61. The van der Waals surface area contributed by atoms with Gasteiger partial charge in [0, 0.05) is 12.2 Å². The molecule has 1 aromatic heterocycles. The van der Waals surface area contributed by atoms with Crippen LogP contribution in [-0.2, 0) is 0 Å². The highest BCUT2D eigenvalue weighted by Gasteiger charge is 2.08. The zero-order chi connectivity index (χ0) is 9.14. The minimum Gasteiger partial charge on any atom is -0.324 e. The molecule has 0 saturated heterocycles. The van der Waals surface area contributed by atoms with Crippen LogP contribution in [0.1, 0.15) is 30.6 Å². The highest BCUT2D eigenvalue weighted by molar-refractivity contribution is 5.17. The summed E-state index contributed by atoms with van der Waals surface area (Å²) in [5, 5.41) is 0. The van der Waals surface area contributed by atoms with E-state index in [1.165, 1.54) is 12.3 Å². The van der Waals surface area contributed by atoms with E-state index in [0.717, 1.165) is 5.56 Å². The van der Waals surface area contributed by atoms with E-state index in [4.69, 9.17) is 5.73 Å². The smallest absolute Gasteiger partial charge is 0.280 e. The fraction of sp³-hybridized carbons (Fsp3) is 0.375. The molecule has 1 atom stereocenters. The number of nitrogens with two attached hydrogens (primary N) is 1. The Kier molecular flexibility index (Phi) is 2.70. The minimum atomic E-state index is -2.51. The first-order valence-electron chi connectivity index (χ1n) is 3.61. The van der Waals surface area contributed by atoms with Gasteiger partial charge < -0.3 is 5.73 Å². The van der Waals surface area contributed by atoms with Gasteiger partial charge in [-0.05, 0) is 18.6 Å². The van der Waals surface area contributed by atoms with Crippen LogP contribution in [-0.4, -0.2) is 4.98 Å². The number of halogens is 2. The van der Waals surface area contributed by atoms with Gasteiger partial charge in [-0.1, -0.05) is 6.07 Å². The molecule has 2 N–H and O–H groups in total. The van der Waals surface area contributed by atoms with E-state index in [1.807, 2.05) is 0 Å². The number of aromatic nitrogens is 1. The SMILES string of the molecule is CC(N)c1ccc(C(F)F)nc1. The van der Waals surface area contributed by atoms with Crippen molar-refractivity contribution in [3.63, 3.8) is 0 Å². The number of pyridine rings is 1. The van der Waals surface area contributed by atoms with E-state index in [0.29, 0.717) is 0 Å². The molecule has 4 heteroatoms. The van der Waals surface area contributed by atoms with Crippen LogP contribution in [0.4, 0.5) is 8.78 Å². The molecule has 0 amide bonds. The predicted molar refractivity (Wildman–Crippen MR) is 41.8 cm³/mol. The van der Waals surface area contributed by atoms with Gasteiger partial charge in [0.1, 0.15) is 5.69 Å². The van der Waals surface area contributed by atoms with Gasteiger partial charge in [0.2, 0.25) is 0 Å². The lowest BCUT2D eigenvalue weighted by Gasteiger charge is -2.04. The molecule has 0 saturated carbocycles. The van der Waals surface area contributed by atoms with Crippen molar-refractivity contribution in [3.05, 3.63) is 29.6 Å². The number of rotatable bonds is 2. The zero-order valence-electron chi connectivity index (χ0n) is 6.67. The fourth-order valence-corrected chi connectivity index (χ4v) is 0.815. The molecule has 1 aromatic rings.